The lowest BCUT2D eigenvalue weighted by Crippen LogP contribution is -2.24. The van der Waals surface area contributed by atoms with Crippen LogP contribution >= 0.6 is 0 Å². The molecule has 0 saturated heterocycles. The van der Waals surface area contributed by atoms with Crippen molar-refractivity contribution >= 4 is 23.6 Å². The molecule has 3 aromatic rings. The van der Waals surface area contributed by atoms with Gasteiger partial charge in [0.25, 0.3) is 5.91 Å². The van der Waals surface area contributed by atoms with Crippen molar-refractivity contribution in [3.8, 4) is 11.4 Å². The van der Waals surface area contributed by atoms with E-state index in [4.69, 9.17) is 9.47 Å². The smallest absolute Gasteiger partial charge is 0.340 e. The molecule has 6 nitrogen and oxygen atoms in total. The third-order valence-electron chi connectivity index (χ3n) is 6.41. The van der Waals surface area contributed by atoms with Crippen molar-refractivity contribution in [1.29, 1.82) is 0 Å². The van der Waals surface area contributed by atoms with E-state index in [2.05, 4.69) is 23.6 Å². The monoisotopic (exact) mass is 484 g/mol. The first kappa shape index (κ1) is 25.0. The number of hydrogen-bond donors (Lipinski definition) is 0. The Morgan fingerprint density at radius 1 is 0.944 bits per heavy atom. The summed E-state index contributed by atoms with van der Waals surface area (Å²) in [6, 6.07) is 17.5. The van der Waals surface area contributed by atoms with Crippen LogP contribution in [-0.4, -0.2) is 29.7 Å². The summed E-state index contributed by atoms with van der Waals surface area (Å²) in [5.74, 6) is -0.0456. The van der Waals surface area contributed by atoms with Gasteiger partial charge >= 0.3 is 5.97 Å². The number of ether oxygens (including phenoxy) is 2. The molecule has 1 amide bonds. The number of esters is 1. The van der Waals surface area contributed by atoms with Crippen molar-refractivity contribution in [2.24, 2.45) is 0 Å². The van der Waals surface area contributed by atoms with Crippen LogP contribution in [0.15, 0.2) is 71.4 Å². The number of hydrogen-bond acceptors (Lipinski definition) is 4. The minimum absolute atomic E-state index is 0.224. The molecular formula is C30H32N2O4. The van der Waals surface area contributed by atoms with Gasteiger partial charge in [-0.15, -0.1) is 0 Å². The summed E-state index contributed by atoms with van der Waals surface area (Å²) in [5, 5.41) is 0. The molecule has 0 radical (unpaired) electrons. The van der Waals surface area contributed by atoms with E-state index in [-0.39, 0.29) is 18.1 Å². The molecule has 0 N–H and O–H groups in total. The normalized spacial score (nSPS) is 14.7. The number of aryl methyl sites for hydroxylation is 2. The molecular weight excluding hydrogens is 452 g/mol. The summed E-state index contributed by atoms with van der Waals surface area (Å²) in [6.45, 7) is 12.4. The van der Waals surface area contributed by atoms with Crippen molar-refractivity contribution in [2.45, 2.75) is 41.5 Å². The highest BCUT2D eigenvalue weighted by molar-refractivity contribution is 6.23. The minimum atomic E-state index is -0.504. The van der Waals surface area contributed by atoms with Gasteiger partial charge in [0.15, 0.2) is 0 Å². The van der Waals surface area contributed by atoms with Crippen molar-refractivity contribution in [1.82, 2.24) is 4.57 Å². The van der Waals surface area contributed by atoms with Crippen molar-refractivity contribution in [2.75, 3.05) is 18.1 Å². The third kappa shape index (κ3) is 4.47. The SMILES string of the molecule is CCOC(=O)C1=C(C)N(c2ccc(OCC)cc2)C(=O)/C1=C\c1cc(C)n(-c2ccccc2C)c1C. The minimum Gasteiger partial charge on any atom is -0.494 e. The Bertz CT molecular complexity index is 1380. The summed E-state index contributed by atoms with van der Waals surface area (Å²) in [5.41, 5.74) is 6.97. The molecule has 0 spiro atoms. The predicted octanol–water partition coefficient (Wildman–Crippen LogP) is 6.07. The van der Waals surface area contributed by atoms with Crippen molar-refractivity contribution in [3.63, 3.8) is 0 Å². The van der Waals surface area contributed by atoms with Gasteiger partial charge in [-0.3, -0.25) is 9.69 Å². The van der Waals surface area contributed by atoms with E-state index >= 15 is 0 Å². The van der Waals surface area contributed by atoms with Crippen molar-refractivity contribution in [3.05, 3.63) is 94.0 Å². The molecule has 1 aliphatic heterocycles. The first-order chi connectivity index (χ1) is 17.3. The van der Waals surface area contributed by atoms with Gasteiger partial charge in [0.05, 0.1) is 24.4 Å². The van der Waals surface area contributed by atoms with Crippen LogP contribution < -0.4 is 9.64 Å². The van der Waals surface area contributed by atoms with Crippen LogP contribution in [0.5, 0.6) is 5.75 Å². The largest absolute Gasteiger partial charge is 0.494 e. The average molecular weight is 485 g/mol. The Hall–Kier alpha value is -4.06. The Morgan fingerprint density at radius 3 is 2.28 bits per heavy atom. The Balaban J connectivity index is 1.82. The zero-order chi connectivity index (χ0) is 26.0. The second-order valence-corrected chi connectivity index (χ2v) is 8.75. The second kappa shape index (κ2) is 10.3. The van der Waals surface area contributed by atoms with Crippen LogP contribution in [0.2, 0.25) is 0 Å². The molecule has 6 heteroatoms. The van der Waals surface area contributed by atoms with Crippen LogP contribution in [-0.2, 0) is 14.3 Å². The quantitative estimate of drug-likeness (QED) is 0.302. The molecule has 0 bridgehead atoms. The summed E-state index contributed by atoms with van der Waals surface area (Å²) < 4.78 is 13.1. The molecule has 2 aromatic carbocycles. The van der Waals surface area contributed by atoms with Crippen LogP contribution in [0.1, 0.15) is 43.3 Å². The molecule has 0 aliphatic carbocycles. The average Bonchev–Trinajstić information content (AvgIpc) is 3.26. The standard InChI is InChI=1S/C30H32N2O4/c1-7-35-25-15-13-24(14-16-25)32-22(6)28(30(34)36-8-2)26(29(32)33)18-23-17-20(4)31(21(23)5)27-12-10-9-11-19(27)3/h9-18H,7-8H2,1-6H3/b26-18-. The van der Waals surface area contributed by atoms with Gasteiger partial charge in [-0.2, -0.15) is 0 Å². The molecule has 0 unspecified atom stereocenters. The van der Waals surface area contributed by atoms with Gasteiger partial charge in [-0.05, 0) is 95.1 Å². The number of carbonyl (C=O) groups is 2. The Morgan fingerprint density at radius 2 is 1.64 bits per heavy atom. The van der Waals surface area contributed by atoms with E-state index < -0.39 is 5.97 Å². The molecule has 186 valence electrons. The zero-order valence-electron chi connectivity index (χ0n) is 21.7. The maximum Gasteiger partial charge on any atom is 0.340 e. The van der Waals surface area contributed by atoms with Crippen LogP contribution in [0, 0.1) is 20.8 Å². The molecule has 1 aliphatic rings. The maximum atomic E-state index is 13.7. The number of nitrogens with zero attached hydrogens (tertiary/aromatic N) is 2. The van der Waals surface area contributed by atoms with Crippen LogP contribution in [0.3, 0.4) is 0 Å². The van der Waals surface area contributed by atoms with E-state index in [1.54, 1.807) is 18.7 Å². The Kier molecular flexibility index (Phi) is 7.15. The maximum absolute atomic E-state index is 13.7. The lowest BCUT2D eigenvalue weighted by Gasteiger charge is -2.18. The highest BCUT2D eigenvalue weighted by Crippen LogP contribution is 2.37. The molecule has 4 rings (SSSR count). The van der Waals surface area contributed by atoms with Gasteiger partial charge in [-0.25, -0.2) is 4.79 Å². The number of amides is 1. The van der Waals surface area contributed by atoms with Crippen molar-refractivity contribution < 1.29 is 19.1 Å². The van der Waals surface area contributed by atoms with Gasteiger partial charge in [-0.1, -0.05) is 18.2 Å². The summed E-state index contributed by atoms with van der Waals surface area (Å²) in [4.78, 5) is 28.3. The van der Waals surface area contributed by atoms with E-state index in [9.17, 15) is 9.59 Å². The van der Waals surface area contributed by atoms with E-state index in [0.717, 1.165) is 34.0 Å². The van der Waals surface area contributed by atoms with Crippen LogP contribution in [0.25, 0.3) is 11.8 Å². The fourth-order valence-electron chi connectivity index (χ4n) is 4.72. The first-order valence-electron chi connectivity index (χ1n) is 12.2. The molecule has 0 atom stereocenters. The fraction of sp³-hybridized carbons (Fsp3) is 0.267. The Labute approximate surface area is 212 Å². The number of carbonyl (C=O) groups excluding carboxylic acids is 2. The molecule has 0 fully saturated rings. The highest BCUT2D eigenvalue weighted by atomic mass is 16.5. The number of para-hydroxylation sites is 1. The lowest BCUT2D eigenvalue weighted by molar-refractivity contribution is -0.138. The van der Waals surface area contributed by atoms with Gasteiger partial charge in [0.1, 0.15) is 5.75 Å². The summed E-state index contributed by atoms with van der Waals surface area (Å²) in [7, 11) is 0. The topological polar surface area (TPSA) is 60.8 Å². The van der Waals surface area contributed by atoms with E-state index in [0.29, 0.717) is 23.6 Å². The highest BCUT2D eigenvalue weighted by Gasteiger charge is 2.38. The molecule has 36 heavy (non-hydrogen) atoms. The predicted molar refractivity (Wildman–Crippen MR) is 142 cm³/mol. The number of rotatable bonds is 7. The number of aromatic nitrogens is 1. The number of allylic oxidation sites excluding steroid dienone is 1. The molecule has 1 aromatic heterocycles. The third-order valence-corrected chi connectivity index (χ3v) is 6.41. The van der Waals surface area contributed by atoms with Gasteiger partial charge < -0.3 is 14.0 Å². The van der Waals surface area contributed by atoms with E-state index in [1.165, 1.54) is 0 Å². The van der Waals surface area contributed by atoms with Gasteiger partial charge in [0.2, 0.25) is 0 Å². The summed E-state index contributed by atoms with van der Waals surface area (Å²) >= 11 is 0. The molecule has 0 saturated carbocycles. The van der Waals surface area contributed by atoms with Crippen LogP contribution in [0.4, 0.5) is 5.69 Å². The summed E-state index contributed by atoms with van der Waals surface area (Å²) in [6.07, 6.45) is 1.81. The number of anilines is 1. The fourth-order valence-corrected chi connectivity index (χ4v) is 4.72. The zero-order valence-corrected chi connectivity index (χ0v) is 21.7. The second-order valence-electron chi connectivity index (χ2n) is 8.75. The molecule has 2 heterocycles. The first-order valence-corrected chi connectivity index (χ1v) is 12.2. The van der Waals surface area contributed by atoms with E-state index in [1.807, 2.05) is 69.3 Å². The lowest BCUT2D eigenvalue weighted by atomic mass is 10.0. The van der Waals surface area contributed by atoms with Gasteiger partial charge in [0, 0.05) is 28.5 Å². The number of benzene rings is 2.